The molecule has 178 valence electrons. The molecule has 2 heterocycles. The van der Waals surface area contributed by atoms with Crippen LogP contribution in [-0.2, 0) is 19.6 Å². The van der Waals surface area contributed by atoms with Gasteiger partial charge in [-0.1, -0.05) is 26.0 Å². The summed E-state index contributed by atoms with van der Waals surface area (Å²) in [5, 5.41) is 15.5. The fraction of sp³-hybridized carbons (Fsp3) is 0.333. The molecule has 0 radical (unpaired) electrons. The number of nitrogens with one attached hydrogen (secondary N) is 2. The van der Waals surface area contributed by atoms with Gasteiger partial charge in [-0.3, -0.25) is 24.0 Å². The Bertz CT molecular complexity index is 1220. The van der Waals surface area contributed by atoms with Crippen molar-refractivity contribution in [2.75, 3.05) is 19.4 Å². The first-order valence-electron chi connectivity index (χ1n) is 10.1. The molecular weight excluding hydrogens is 468 g/mol. The second kappa shape index (κ2) is 10.6. The van der Waals surface area contributed by atoms with Crippen LogP contribution in [0, 0.1) is 6.92 Å². The van der Waals surface area contributed by atoms with E-state index in [0.29, 0.717) is 9.18 Å². The number of carbonyl (C=O) groups excluding carboxylic acids is 3. The number of amides is 2. The average molecular weight is 495 g/mol. The van der Waals surface area contributed by atoms with Crippen LogP contribution in [-0.4, -0.2) is 54.5 Å². The first kappa shape index (κ1) is 26.0. The maximum atomic E-state index is 12.8. The van der Waals surface area contributed by atoms with Crippen molar-refractivity contribution >= 4 is 49.8 Å². The number of nitrogens with zero attached hydrogens (tertiary/aromatic N) is 2. The summed E-state index contributed by atoms with van der Waals surface area (Å²) in [7, 11) is -1.39. The molecule has 12 heteroatoms. The number of sulfonamides is 1. The van der Waals surface area contributed by atoms with Gasteiger partial charge in [0.1, 0.15) is 5.69 Å². The maximum Gasteiger partial charge on any atom is 0.278 e. The van der Waals surface area contributed by atoms with Gasteiger partial charge in [0.2, 0.25) is 5.91 Å². The molecule has 0 aliphatic carbocycles. The highest BCUT2D eigenvalue weighted by atomic mass is 32.2. The highest BCUT2D eigenvalue weighted by Gasteiger charge is 2.38. The zero-order chi connectivity index (χ0) is 24.9. The molecular formula is C21H26N4O6S2. The van der Waals surface area contributed by atoms with Crippen LogP contribution in [0.3, 0.4) is 0 Å². The fourth-order valence-electron chi connectivity index (χ4n) is 3.02. The second-order valence-electron chi connectivity index (χ2n) is 6.64. The summed E-state index contributed by atoms with van der Waals surface area (Å²) in [6, 6.07) is 5.81. The van der Waals surface area contributed by atoms with Crippen molar-refractivity contribution in [3.8, 4) is 0 Å². The third kappa shape index (κ3) is 5.22. The largest absolute Gasteiger partial charge is 0.505 e. The summed E-state index contributed by atoms with van der Waals surface area (Å²) >= 11 is 1.03. The van der Waals surface area contributed by atoms with Gasteiger partial charge in [0.05, 0.1) is 4.90 Å². The van der Waals surface area contributed by atoms with Crippen molar-refractivity contribution in [2.45, 2.75) is 38.5 Å². The van der Waals surface area contributed by atoms with Crippen molar-refractivity contribution in [2.24, 2.45) is 0 Å². The van der Waals surface area contributed by atoms with Crippen molar-refractivity contribution in [1.29, 1.82) is 0 Å². The summed E-state index contributed by atoms with van der Waals surface area (Å²) in [6.07, 6.45) is -0.0296. The molecule has 1 aliphatic heterocycles. The van der Waals surface area contributed by atoms with E-state index < -0.39 is 27.4 Å². The summed E-state index contributed by atoms with van der Waals surface area (Å²) < 4.78 is 26.2. The van der Waals surface area contributed by atoms with Crippen LogP contribution in [0.4, 0.5) is 5.13 Å². The van der Waals surface area contributed by atoms with Gasteiger partial charge in [-0.15, -0.1) is 11.3 Å². The number of aryl methyl sites for hydroxylation is 1. The molecule has 2 amide bonds. The molecule has 0 bridgehead atoms. The van der Waals surface area contributed by atoms with Gasteiger partial charge in [-0.05, 0) is 19.1 Å². The molecule has 0 saturated carbocycles. The lowest BCUT2D eigenvalue weighted by Crippen LogP contribution is -2.37. The summed E-state index contributed by atoms with van der Waals surface area (Å²) in [5.41, 5.74) is -0.317. The Hall–Kier alpha value is -3.25. The highest BCUT2D eigenvalue weighted by molar-refractivity contribution is 7.89. The molecule has 2 aromatic rings. The number of aliphatic hydroxyl groups is 1. The predicted molar refractivity (Wildman–Crippen MR) is 125 cm³/mol. The SMILES string of the molecule is CC.CNC(=O)CCC(=O)c1nc(NC(=O)C2=C(O)c3ccccc3S(=O)(=O)N2C)sc1C. The number of anilines is 1. The van der Waals surface area contributed by atoms with Crippen LogP contribution in [0.25, 0.3) is 5.76 Å². The number of likely N-dealkylation sites (N-methyl/N-ethyl adjacent to an activating group) is 1. The van der Waals surface area contributed by atoms with Crippen molar-refractivity contribution in [3.05, 3.63) is 46.1 Å². The van der Waals surface area contributed by atoms with E-state index in [2.05, 4.69) is 15.6 Å². The van der Waals surface area contributed by atoms with Gasteiger partial charge in [0.15, 0.2) is 22.4 Å². The topological polar surface area (TPSA) is 146 Å². The van der Waals surface area contributed by atoms with Crippen LogP contribution in [0.1, 0.15) is 47.6 Å². The van der Waals surface area contributed by atoms with E-state index in [1.165, 1.54) is 25.2 Å². The Morgan fingerprint density at radius 3 is 2.42 bits per heavy atom. The predicted octanol–water partition coefficient (Wildman–Crippen LogP) is 2.69. The highest BCUT2D eigenvalue weighted by Crippen LogP contribution is 2.35. The van der Waals surface area contributed by atoms with Gasteiger partial charge in [-0.2, -0.15) is 0 Å². The number of ketones is 1. The number of aliphatic hydroxyl groups excluding tert-OH is 1. The van der Waals surface area contributed by atoms with Crippen molar-refractivity contribution in [1.82, 2.24) is 14.6 Å². The zero-order valence-electron chi connectivity index (χ0n) is 18.9. The zero-order valence-corrected chi connectivity index (χ0v) is 20.6. The molecule has 0 atom stereocenters. The molecule has 1 aromatic heterocycles. The fourth-order valence-corrected chi connectivity index (χ4v) is 5.24. The minimum Gasteiger partial charge on any atom is -0.505 e. The van der Waals surface area contributed by atoms with E-state index in [1.807, 2.05) is 13.8 Å². The third-order valence-corrected chi connectivity index (χ3v) is 7.38. The normalized spacial score (nSPS) is 14.0. The van der Waals surface area contributed by atoms with E-state index in [1.54, 1.807) is 13.0 Å². The first-order valence-corrected chi connectivity index (χ1v) is 12.4. The van der Waals surface area contributed by atoms with Crippen molar-refractivity contribution in [3.63, 3.8) is 0 Å². The number of hydrogen-bond donors (Lipinski definition) is 3. The molecule has 0 fully saturated rings. The molecule has 33 heavy (non-hydrogen) atoms. The number of hydrogen-bond acceptors (Lipinski definition) is 8. The Kier molecular flexibility index (Phi) is 8.34. The van der Waals surface area contributed by atoms with Crippen molar-refractivity contribution < 1.29 is 27.9 Å². The van der Waals surface area contributed by atoms with Gasteiger partial charge < -0.3 is 10.4 Å². The summed E-state index contributed by atoms with van der Waals surface area (Å²) in [5.74, 6) is -2.01. The van der Waals surface area contributed by atoms with E-state index in [9.17, 15) is 27.9 Å². The van der Waals surface area contributed by atoms with E-state index in [-0.39, 0.29) is 45.8 Å². The van der Waals surface area contributed by atoms with Gasteiger partial charge in [-0.25, -0.2) is 13.4 Å². The number of benzene rings is 1. The first-order chi connectivity index (χ1) is 15.6. The molecule has 0 saturated heterocycles. The standard InChI is InChI=1S/C19H20N4O6S2.C2H6/c1-10-15(12(24)8-9-14(25)20-2)21-19(30-10)22-18(27)16-17(26)11-6-4-5-7-13(11)31(28,29)23(16)3;1-2/h4-7,26H,8-9H2,1-3H3,(H,20,25)(H,21,22,27);1-2H3. The van der Waals surface area contributed by atoms with E-state index >= 15 is 0 Å². The van der Waals surface area contributed by atoms with Gasteiger partial charge in [0, 0.05) is 37.4 Å². The molecule has 0 unspecified atom stereocenters. The van der Waals surface area contributed by atoms with Crippen LogP contribution in [0.2, 0.25) is 0 Å². The Morgan fingerprint density at radius 2 is 1.79 bits per heavy atom. The number of Topliss-reactive ketones (excluding diaryl/α,β-unsaturated/α-hetero) is 1. The Balaban J connectivity index is 0.00000187. The van der Waals surface area contributed by atoms with Crippen LogP contribution in [0.15, 0.2) is 34.9 Å². The number of thiazole rings is 1. The molecule has 1 aromatic carbocycles. The smallest absolute Gasteiger partial charge is 0.278 e. The van der Waals surface area contributed by atoms with Crippen LogP contribution in [0.5, 0.6) is 0 Å². The quantitative estimate of drug-likeness (QED) is 0.523. The van der Waals surface area contributed by atoms with Crippen LogP contribution >= 0.6 is 11.3 Å². The summed E-state index contributed by atoms with van der Waals surface area (Å²) in [4.78, 5) is 41.0. The third-order valence-electron chi connectivity index (χ3n) is 4.67. The minimum atomic E-state index is -4.03. The van der Waals surface area contributed by atoms with Gasteiger partial charge >= 0.3 is 0 Å². The maximum absolute atomic E-state index is 12.8. The van der Waals surface area contributed by atoms with Crippen LogP contribution < -0.4 is 10.6 Å². The van der Waals surface area contributed by atoms with E-state index in [4.69, 9.17) is 0 Å². The minimum absolute atomic E-state index is 0.0107. The Labute approximate surface area is 196 Å². The monoisotopic (exact) mass is 494 g/mol. The number of carbonyl (C=O) groups is 3. The number of aromatic nitrogens is 1. The number of rotatable bonds is 6. The lowest BCUT2D eigenvalue weighted by molar-refractivity contribution is -0.120. The summed E-state index contributed by atoms with van der Waals surface area (Å²) in [6.45, 7) is 5.64. The Morgan fingerprint density at radius 1 is 1.15 bits per heavy atom. The molecule has 10 nitrogen and oxygen atoms in total. The molecule has 1 aliphatic rings. The average Bonchev–Trinajstić information content (AvgIpc) is 3.17. The number of fused-ring (bicyclic) bond motifs is 1. The molecule has 0 spiro atoms. The van der Waals surface area contributed by atoms with E-state index in [0.717, 1.165) is 18.4 Å². The molecule has 3 rings (SSSR count). The lowest BCUT2D eigenvalue weighted by atomic mass is 10.1. The molecule has 3 N–H and O–H groups in total. The van der Waals surface area contributed by atoms with Gasteiger partial charge in [0.25, 0.3) is 15.9 Å². The second-order valence-corrected chi connectivity index (χ2v) is 9.78. The lowest BCUT2D eigenvalue weighted by Gasteiger charge is -2.28.